The lowest BCUT2D eigenvalue weighted by atomic mass is 9.86. The molecule has 4 saturated heterocycles. The highest BCUT2D eigenvalue weighted by Crippen LogP contribution is 2.33. The Morgan fingerprint density at radius 2 is 0.989 bits per heavy atom. The smallest absolute Gasteiger partial charge is 0.422 e. The number of pyridine rings is 6. The number of hydrogen-bond donors (Lipinski definition) is 0. The first-order valence-electron chi connectivity index (χ1n) is 31.4. The van der Waals surface area contributed by atoms with Gasteiger partial charge in [-0.3, -0.25) is 29.2 Å². The van der Waals surface area contributed by atoms with Gasteiger partial charge in [0.2, 0.25) is 29.5 Å². The molecule has 14 heterocycles. The lowest BCUT2D eigenvalue weighted by molar-refractivity contribution is -0.169. The second kappa shape index (κ2) is 27.8. The van der Waals surface area contributed by atoms with E-state index in [2.05, 4.69) is 66.8 Å². The number of piperazine rings is 2. The SMILES string of the molecule is CC(C)Oc1cc2c(cn1)CN=C2c1ccnc(N2CCN(C(=O)C3(C)COC3)CC2)c1.Cc1ccn(CC(=O)N2CCN(c3cc(C4=NCc5cnc(OC(C)C)cc54)ccn3)CC2)n1.FC(F)(F)COc1cc2c(cn1)CN=C2c1ccnc(N2CCOCC2)c1. The summed E-state index contributed by atoms with van der Waals surface area (Å²) in [4.78, 5) is 76.3. The number of morpholine rings is 1. The number of carbonyl (C=O) groups is 2. The van der Waals surface area contributed by atoms with Crippen LogP contribution in [0.5, 0.6) is 17.6 Å². The Kier molecular flexibility index (Phi) is 19.0. The van der Waals surface area contributed by atoms with Crippen LogP contribution in [0.1, 0.15) is 90.4 Å². The molecule has 0 saturated carbocycles. The summed E-state index contributed by atoms with van der Waals surface area (Å²) in [6.07, 6.45) is 8.17. The van der Waals surface area contributed by atoms with Crippen molar-refractivity contribution in [2.75, 3.05) is 113 Å². The number of halogens is 3. The van der Waals surface area contributed by atoms with E-state index in [-0.39, 0.29) is 41.9 Å². The summed E-state index contributed by atoms with van der Waals surface area (Å²) < 4.78 is 65.8. The third-order valence-electron chi connectivity index (χ3n) is 16.6. The van der Waals surface area contributed by atoms with Crippen molar-refractivity contribution in [3.8, 4) is 17.6 Å². The average Bonchev–Trinajstić information content (AvgIpc) is 1.85. The summed E-state index contributed by atoms with van der Waals surface area (Å²) in [5.41, 5.74) is 12.0. The molecule has 26 heteroatoms. The number of rotatable bonds is 15. The van der Waals surface area contributed by atoms with Crippen molar-refractivity contribution in [3.63, 3.8) is 0 Å². The van der Waals surface area contributed by atoms with Crippen LogP contribution in [-0.2, 0) is 45.2 Å². The van der Waals surface area contributed by atoms with Gasteiger partial charge in [-0.2, -0.15) is 18.3 Å². The van der Waals surface area contributed by atoms with E-state index in [4.69, 9.17) is 33.7 Å². The number of fused-ring (bicyclic) bond motifs is 3. The van der Waals surface area contributed by atoms with Crippen LogP contribution in [0.25, 0.3) is 0 Å². The van der Waals surface area contributed by atoms with Gasteiger partial charge in [0.1, 0.15) is 24.0 Å². The Labute approximate surface area is 537 Å². The van der Waals surface area contributed by atoms with Crippen LogP contribution in [0, 0.1) is 12.3 Å². The van der Waals surface area contributed by atoms with Crippen molar-refractivity contribution < 1.29 is 46.4 Å². The molecule has 0 aromatic carbocycles. The molecule has 14 rings (SSSR count). The first-order chi connectivity index (χ1) is 44.9. The van der Waals surface area contributed by atoms with E-state index in [9.17, 15) is 22.8 Å². The van der Waals surface area contributed by atoms with Gasteiger partial charge in [-0.15, -0.1) is 0 Å². The predicted octanol–water partition coefficient (Wildman–Crippen LogP) is 7.37. The van der Waals surface area contributed by atoms with Gasteiger partial charge in [0.15, 0.2) is 6.61 Å². The minimum absolute atomic E-state index is 0.0640. The normalized spacial score (nSPS) is 17.2. The molecular weight excluding hydrogens is 1200 g/mol. The highest BCUT2D eigenvalue weighted by Gasteiger charge is 2.44. The maximum atomic E-state index is 12.8. The molecule has 0 aliphatic carbocycles. The zero-order valence-electron chi connectivity index (χ0n) is 53.1. The number of hydrogen-bond acceptors (Lipinski definition) is 20. The number of ether oxygens (including phenoxy) is 5. The number of aliphatic imine (C=N–C) groups is 3. The van der Waals surface area contributed by atoms with Crippen molar-refractivity contribution in [3.05, 3.63) is 160 Å². The Bertz CT molecular complexity index is 3940. The molecule has 23 nitrogen and oxygen atoms in total. The molecule has 0 spiro atoms. The van der Waals surface area contributed by atoms with Crippen molar-refractivity contribution in [1.82, 2.24) is 49.5 Å². The molecule has 7 aliphatic heterocycles. The second-order valence-corrected chi connectivity index (χ2v) is 24.4. The molecule has 7 aromatic heterocycles. The summed E-state index contributed by atoms with van der Waals surface area (Å²) in [6, 6.07) is 19.3. The van der Waals surface area contributed by atoms with E-state index >= 15 is 0 Å². The molecule has 2 amide bonds. The fraction of sp³-hybridized carbons (Fsp3) is 0.433. The first-order valence-corrected chi connectivity index (χ1v) is 31.4. The maximum absolute atomic E-state index is 12.8. The number of aryl methyl sites for hydroxylation is 1. The average molecular weight is 1270 g/mol. The molecular formula is C67H75F3N16O7. The summed E-state index contributed by atoms with van der Waals surface area (Å²) in [5, 5.41) is 4.32. The standard InChI is InChI=1S/C25H29N7O2.C24H29N5O3.C18H17F3N4O2/c1-17(2)34-23-13-21-20(14-27-23)15-28-25(21)19-4-6-26-22(12-19)30-8-10-31(11-9-30)24(33)16-32-7-5-18(3)29-32;1-16(2)32-21-11-19-18(12-26-21)13-27-22(19)17-4-5-25-20(10-17)28-6-8-29(9-7-28)23(30)24(3)14-31-15-24;19-18(20,21)11-27-16-8-14-13(9-23-16)10-24-17(14)12-1-2-22-15(7-12)25-3-5-26-6-4-25/h4-7,12-14,17H,8-11,15-16H2,1-3H3;4-5,10-12,16H,6-9,13-15H2,1-3H3;1-2,7-9H,3-6,10-11H2. The minimum atomic E-state index is -4.41. The molecule has 4 fully saturated rings. The third-order valence-corrected chi connectivity index (χ3v) is 16.6. The highest BCUT2D eigenvalue weighted by atomic mass is 19.4. The highest BCUT2D eigenvalue weighted by molar-refractivity contribution is 6.17. The van der Waals surface area contributed by atoms with Crippen LogP contribution < -0.4 is 28.9 Å². The number of carbonyl (C=O) groups excluding carboxylic acids is 2. The van der Waals surface area contributed by atoms with Gasteiger partial charge < -0.3 is 48.2 Å². The zero-order chi connectivity index (χ0) is 64.8. The second-order valence-electron chi connectivity index (χ2n) is 24.4. The van der Waals surface area contributed by atoms with Gasteiger partial charge in [-0.25, -0.2) is 29.9 Å². The number of amides is 2. The first kappa shape index (κ1) is 63.7. The fourth-order valence-electron chi connectivity index (χ4n) is 11.8. The molecule has 0 bridgehead atoms. The van der Waals surface area contributed by atoms with Gasteiger partial charge in [0.25, 0.3) is 0 Å². The third kappa shape index (κ3) is 15.2. The number of alkyl halides is 3. The Morgan fingerprint density at radius 3 is 1.40 bits per heavy atom. The summed E-state index contributed by atoms with van der Waals surface area (Å²) >= 11 is 0. The van der Waals surface area contributed by atoms with E-state index in [0.29, 0.717) is 89.7 Å². The maximum Gasteiger partial charge on any atom is 0.422 e. The van der Waals surface area contributed by atoms with Crippen LogP contribution in [0.2, 0.25) is 0 Å². The van der Waals surface area contributed by atoms with Crippen LogP contribution in [0.15, 0.2) is 119 Å². The quantitative estimate of drug-likeness (QED) is 0.0975. The lowest BCUT2D eigenvalue weighted by Gasteiger charge is -2.43. The van der Waals surface area contributed by atoms with Gasteiger partial charge >= 0.3 is 6.18 Å². The van der Waals surface area contributed by atoms with Gasteiger partial charge in [-0.1, -0.05) is 0 Å². The molecule has 0 unspecified atom stereocenters. The van der Waals surface area contributed by atoms with Crippen LogP contribution in [0.4, 0.5) is 30.6 Å². The monoisotopic (exact) mass is 1270 g/mol. The fourth-order valence-corrected chi connectivity index (χ4v) is 11.8. The number of nitrogens with zero attached hydrogens (tertiary/aromatic N) is 16. The molecule has 93 heavy (non-hydrogen) atoms. The van der Waals surface area contributed by atoms with Crippen LogP contribution in [-0.4, -0.2) is 195 Å². The van der Waals surface area contributed by atoms with Crippen LogP contribution >= 0.6 is 0 Å². The topological polar surface area (TPSA) is 229 Å². The van der Waals surface area contributed by atoms with E-state index < -0.39 is 12.8 Å². The van der Waals surface area contributed by atoms with E-state index in [1.807, 2.05) is 125 Å². The molecule has 0 N–H and O–H groups in total. The zero-order valence-corrected chi connectivity index (χ0v) is 53.1. The number of anilines is 3. The Morgan fingerprint density at radius 1 is 0.559 bits per heavy atom. The van der Waals surface area contributed by atoms with Crippen molar-refractivity contribution >= 4 is 46.4 Å². The van der Waals surface area contributed by atoms with Crippen molar-refractivity contribution in [2.45, 2.75) is 86.1 Å². The minimum Gasteiger partial charge on any atom is -0.475 e. The molecule has 7 aliphatic rings. The van der Waals surface area contributed by atoms with Gasteiger partial charge in [-0.05, 0) is 84.0 Å². The van der Waals surface area contributed by atoms with E-state index in [1.165, 1.54) is 12.3 Å². The predicted molar refractivity (Wildman–Crippen MR) is 343 cm³/mol. The van der Waals surface area contributed by atoms with Crippen molar-refractivity contribution in [2.24, 2.45) is 20.4 Å². The summed E-state index contributed by atoms with van der Waals surface area (Å²) in [5.74, 6) is 4.10. The number of aromatic nitrogens is 8. The summed E-state index contributed by atoms with van der Waals surface area (Å²) in [6.45, 7) is 22.1. The van der Waals surface area contributed by atoms with Crippen LogP contribution in [0.3, 0.4) is 0 Å². The Balaban J connectivity index is 0.000000135. The largest absolute Gasteiger partial charge is 0.475 e. The van der Waals surface area contributed by atoms with Crippen molar-refractivity contribution in [1.29, 1.82) is 0 Å². The van der Waals surface area contributed by atoms with Gasteiger partial charge in [0.05, 0.1) is 86.5 Å². The molecule has 0 radical (unpaired) electrons. The molecule has 486 valence electrons. The summed E-state index contributed by atoms with van der Waals surface area (Å²) in [7, 11) is 0. The van der Waals surface area contributed by atoms with E-state index in [1.54, 1.807) is 10.9 Å². The lowest BCUT2D eigenvalue weighted by Crippen LogP contribution is -2.58. The molecule has 0 atom stereocenters. The van der Waals surface area contributed by atoms with Gasteiger partial charge in [0, 0.05) is 177 Å². The Hall–Kier alpha value is -9.43. The molecule has 7 aromatic rings. The van der Waals surface area contributed by atoms with E-state index in [0.717, 1.165) is 124 Å².